The molecule has 0 amide bonds. The van der Waals surface area contributed by atoms with Gasteiger partial charge >= 0.3 is 17.6 Å². The number of rotatable bonds is 8. The lowest BCUT2D eigenvalue weighted by Crippen LogP contribution is -2.53. The minimum Gasteiger partial charge on any atom is -0.476 e. The van der Waals surface area contributed by atoms with Gasteiger partial charge in [-0.1, -0.05) is 10.4 Å². The molecule has 0 aliphatic heterocycles. The maximum absolute atomic E-state index is 11.4. The first kappa shape index (κ1) is 17.4. The van der Waals surface area contributed by atoms with E-state index in [9.17, 15) is 29.8 Å². The first-order chi connectivity index (χ1) is 11.7. The molecule has 2 rings (SSSR count). The van der Waals surface area contributed by atoms with Gasteiger partial charge in [0.05, 0.1) is 12.4 Å². The zero-order valence-corrected chi connectivity index (χ0v) is 12.0. The van der Waals surface area contributed by atoms with E-state index in [0.717, 1.165) is 12.4 Å². The van der Waals surface area contributed by atoms with Crippen molar-refractivity contribution in [1.29, 1.82) is 0 Å². The van der Waals surface area contributed by atoms with Gasteiger partial charge in [0, 0.05) is 0 Å². The summed E-state index contributed by atoms with van der Waals surface area (Å²) in [6, 6.07) is 0. The summed E-state index contributed by atoms with van der Waals surface area (Å²) in [7, 11) is 0. The lowest BCUT2D eigenvalue weighted by atomic mass is 10.2. The lowest BCUT2D eigenvalue weighted by molar-refractivity contribution is -0.801. The van der Waals surface area contributed by atoms with E-state index in [1.54, 1.807) is 0 Å². The van der Waals surface area contributed by atoms with Crippen LogP contribution in [-0.2, 0) is 13.1 Å². The molecule has 2 aromatic heterocycles. The molecule has 132 valence electrons. The number of hydrogen-bond acceptors (Lipinski definition) is 10. The molecule has 0 aliphatic carbocycles. The van der Waals surface area contributed by atoms with Gasteiger partial charge in [0.1, 0.15) is 9.85 Å². The van der Waals surface area contributed by atoms with E-state index in [4.69, 9.17) is 10.2 Å². The van der Waals surface area contributed by atoms with Gasteiger partial charge in [-0.2, -0.15) is 0 Å². The van der Waals surface area contributed by atoms with Crippen LogP contribution in [0.25, 0.3) is 0 Å². The number of aromatic nitrogens is 6. The predicted octanol–water partition coefficient (Wildman–Crippen LogP) is -1.78. The Morgan fingerprint density at radius 3 is 1.56 bits per heavy atom. The van der Waals surface area contributed by atoms with Crippen molar-refractivity contribution < 1.29 is 29.6 Å². The Kier molecular flexibility index (Phi) is 4.35. The summed E-state index contributed by atoms with van der Waals surface area (Å²) < 4.78 is 1.26. The molecule has 0 atom stereocenters. The van der Waals surface area contributed by atoms with Crippen molar-refractivity contribution in [3.63, 3.8) is 0 Å². The van der Waals surface area contributed by atoms with Crippen LogP contribution in [0.4, 0.5) is 0 Å². The number of nitrogens with zero attached hydrogens (tertiary/aromatic N) is 8. The highest BCUT2D eigenvalue weighted by atomic mass is 16.7. The fourth-order valence-corrected chi connectivity index (χ4v) is 1.81. The van der Waals surface area contributed by atoms with Gasteiger partial charge in [0.15, 0.2) is 24.5 Å². The van der Waals surface area contributed by atoms with Crippen LogP contribution in [0.3, 0.4) is 0 Å². The summed E-state index contributed by atoms with van der Waals surface area (Å²) in [6.07, 6.45) is 1.57. The maximum atomic E-state index is 11.4. The Morgan fingerprint density at radius 2 is 1.32 bits per heavy atom. The summed E-state index contributed by atoms with van der Waals surface area (Å²) in [5.74, 6) is -2.94. The van der Waals surface area contributed by atoms with Gasteiger partial charge < -0.3 is 10.2 Å². The number of aromatic carboxylic acids is 2. The summed E-state index contributed by atoms with van der Waals surface area (Å²) >= 11 is 0. The van der Waals surface area contributed by atoms with Crippen molar-refractivity contribution in [3.8, 4) is 0 Å². The Labute approximate surface area is 135 Å². The molecular weight excluding hydrogens is 348 g/mol. The molecule has 16 nitrogen and oxygen atoms in total. The van der Waals surface area contributed by atoms with Crippen LogP contribution in [0.1, 0.15) is 21.0 Å². The average Bonchev–Trinajstić information content (AvgIpc) is 3.15. The predicted molar refractivity (Wildman–Crippen MR) is 70.7 cm³/mol. The van der Waals surface area contributed by atoms with E-state index in [-0.39, 0.29) is 0 Å². The van der Waals surface area contributed by atoms with E-state index in [1.165, 1.54) is 0 Å². The van der Waals surface area contributed by atoms with Crippen LogP contribution in [0.15, 0.2) is 12.4 Å². The van der Waals surface area contributed by atoms with Crippen LogP contribution >= 0.6 is 0 Å². The number of hydrogen-bond donors (Lipinski definition) is 2. The molecule has 0 aliphatic rings. The van der Waals surface area contributed by atoms with Crippen molar-refractivity contribution >= 4 is 11.9 Å². The monoisotopic (exact) mass is 356 g/mol. The Bertz CT molecular complexity index is 785. The summed E-state index contributed by atoms with van der Waals surface area (Å²) in [6.45, 7) is -1.95. The first-order valence-electron chi connectivity index (χ1n) is 6.21. The number of carboxylic acid groups (broad SMARTS) is 2. The summed E-state index contributed by atoms with van der Waals surface area (Å²) in [5, 5.41) is 53.2. The average molecular weight is 356 g/mol. The topological polar surface area (TPSA) is 222 Å². The van der Waals surface area contributed by atoms with Gasteiger partial charge in [-0.3, -0.25) is 20.2 Å². The van der Waals surface area contributed by atoms with Crippen LogP contribution in [-0.4, -0.2) is 67.6 Å². The molecule has 2 aromatic rings. The third-order valence-electron chi connectivity index (χ3n) is 3.03. The highest BCUT2D eigenvalue weighted by Gasteiger charge is 2.58. The largest absolute Gasteiger partial charge is 0.496 e. The minimum absolute atomic E-state index is 0.561. The second-order valence-corrected chi connectivity index (χ2v) is 4.71. The normalized spacial score (nSPS) is 11.2. The van der Waals surface area contributed by atoms with Crippen molar-refractivity contribution in [2.24, 2.45) is 0 Å². The van der Waals surface area contributed by atoms with Crippen LogP contribution < -0.4 is 0 Å². The SMILES string of the molecule is O=C(O)c1cn(CC(Cn2cc(C(=O)O)nn2)([N+](=O)[O-])[N+](=O)[O-])nn1. The fourth-order valence-electron chi connectivity index (χ4n) is 1.81. The van der Waals surface area contributed by atoms with E-state index in [0.29, 0.717) is 9.36 Å². The highest BCUT2D eigenvalue weighted by molar-refractivity contribution is 5.85. The number of carbonyl (C=O) groups is 2. The molecule has 25 heavy (non-hydrogen) atoms. The zero-order chi connectivity index (χ0) is 18.8. The Balaban J connectivity index is 2.38. The van der Waals surface area contributed by atoms with Crippen molar-refractivity contribution in [2.75, 3.05) is 0 Å². The molecule has 0 aromatic carbocycles. The molecule has 0 spiro atoms. The van der Waals surface area contributed by atoms with Crippen molar-refractivity contribution in [3.05, 3.63) is 44.0 Å². The van der Waals surface area contributed by atoms with Gasteiger partial charge in [-0.15, -0.1) is 10.2 Å². The molecule has 2 heterocycles. The van der Waals surface area contributed by atoms with Crippen LogP contribution in [0, 0.1) is 20.2 Å². The minimum atomic E-state index is -2.91. The van der Waals surface area contributed by atoms with E-state index in [1.807, 2.05) is 0 Å². The molecular formula is C9H8N8O8. The first-order valence-corrected chi connectivity index (χ1v) is 6.21. The quantitative estimate of drug-likeness (QED) is 0.304. The smallest absolute Gasteiger partial charge is 0.476 e. The zero-order valence-electron chi connectivity index (χ0n) is 12.0. The molecule has 16 heteroatoms. The fraction of sp³-hybridized carbons (Fsp3) is 0.333. The second-order valence-electron chi connectivity index (χ2n) is 4.71. The van der Waals surface area contributed by atoms with Crippen molar-refractivity contribution in [2.45, 2.75) is 18.8 Å². The van der Waals surface area contributed by atoms with E-state index < -0.39 is 51.9 Å². The summed E-state index contributed by atoms with van der Waals surface area (Å²) in [4.78, 5) is 41.8. The highest BCUT2D eigenvalue weighted by Crippen LogP contribution is 2.17. The van der Waals surface area contributed by atoms with Gasteiger partial charge in [-0.05, 0) is 0 Å². The van der Waals surface area contributed by atoms with E-state index in [2.05, 4.69) is 20.6 Å². The van der Waals surface area contributed by atoms with Gasteiger partial charge in [0.25, 0.3) is 0 Å². The standard InChI is InChI=1S/C9H8N8O8/c18-7(19)5-1-14(12-10-5)3-9(16(22)23,17(24)25)4-15-2-6(8(20)21)11-13-15/h1-2H,3-4H2,(H,18,19)(H,20,21). The molecule has 2 N–H and O–H groups in total. The molecule has 0 saturated heterocycles. The number of carboxylic acids is 2. The Morgan fingerprint density at radius 1 is 0.960 bits per heavy atom. The molecule has 0 unspecified atom stereocenters. The van der Waals surface area contributed by atoms with Gasteiger partial charge in [0.2, 0.25) is 0 Å². The number of nitro groups is 2. The van der Waals surface area contributed by atoms with Crippen molar-refractivity contribution in [1.82, 2.24) is 30.0 Å². The third-order valence-corrected chi connectivity index (χ3v) is 3.03. The third kappa shape index (κ3) is 3.35. The van der Waals surface area contributed by atoms with E-state index >= 15 is 0 Å². The summed E-state index contributed by atoms with van der Waals surface area (Å²) in [5.41, 5.74) is -4.03. The Hall–Kier alpha value is -3.98. The second kappa shape index (κ2) is 6.26. The molecule has 0 radical (unpaired) electrons. The molecule has 0 fully saturated rings. The lowest BCUT2D eigenvalue weighted by Gasteiger charge is -2.16. The van der Waals surface area contributed by atoms with Gasteiger partial charge in [-0.25, -0.2) is 19.0 Å². The van der Waals surface area contributed by atoms with Crippen LogP contribution in [0.5, 0.6) is 0 Å². The maximum Gasteiger partial charge on any atom is 0.496 e. The molecule has 0 bridgehead atoms. The van der Waals surface area contributed by atoms with Crippen LogP contribution in [0.2, 0.25) is 0 Å². The molecule has 0 saturated carbocycles.